The number of benzene rings is 1. The third kappa shape index (κ3) is 3.78. The zero-order valence-corrected chi connectivity index (χ0v) is 13.0. The number of thiophene rings is 1. The number of nitrogens with one attached hydrogen (secondary N) is 1. The lowest BCUT2D eigenvalue weighted by Gasteiger charge is -1.96. The molecule has 19 heavy (non-hydrogen) atoms. The van der Waals surface area contributed by atoms with E-state index in [1.807, 2.05) is 11.3 Å². The number of hydrogen-bond donors (Lipinski definition) is 1. The van der Waals surface area contributed by atoms with Crippen molar-refractivity contribution in [1.29, 1.82) is 0 Å². The molecule has 0 unspecified atom stereocenters. The highest BCUT2D eigenvalue weighted by molar-refractivity contribution is 9.10. The van der Waals surface area contributed by atoms with Gasteiger partial charge in [0.25, 0.3) is 0 Å². The van der Waals surface area contributed by atoms with Crippen LogP contribution in [-0.2, 0) is 0 Å². The minimum absolute atomic E-state index is 0.784. The fraction of sp³-hybridized carbons (Fsp3) is 0.250. The zero-order valence-electron chi connectivity index (χ0n) is 10.6. The molecule has 1 heterocycles. The second-order valence-corrected chi connectivity index (χ2v) is 6.82. The average molecular weight is 334 g/mol. The molecule has 98 valence electrons. The van der Waals surface area contributed by atoms with Gasteiger partial charge in [0.05, 0.1) is 0 Å². The topological polar surface area (TPSA) is 12.0 Å². The largest absolute Gasteiger partial charge is 0.311 e. The zero-order chi connectivity index (χ0) is 13.1. The summed E-state index contributed by atoms with van der Waals surface area (Å²) in [4.78, 5) is 2.64. The van der Waals surface area contributed by atoms with Crippen LogP contribution < -0.4 is 5.32 Å². The van der Waals surface area contributed by atoms with E-state index < -0.39 is 0 Å². The quantitative estimate of drug-likeness (QED) is 0.816. The van der Waals surface area contributed by atoms with Crippen LogP contribution in [0.3, 0.4) is 0 Å². The Balaban J connectivity index is 1.63. The number of rotatable bonds is 5. The molecule has 0 bridgehead atoms. The lowest BCUT2D eigenvalue weighted by molar-refractivity contribution is 0.754. The summed E-state index contributed by atoms with van der Waals surface area (Å²) in [7, 11) is 0. The molecule has 1 saturated carbocycles. The third-order valence-corrected chi connectivity index (χ3v) is 4.77. The molecule has 0 amide bonds. The van der Waals surface area contributed by atoms with E-state index in [9.17, 15) is 0 Å². The average Bonchev–Trinajstić information content (AvgIpc) is 3.13. The Morgan fingerprint density at radius 3 is 2.68 bits per heavy atom. The van der Waals surface area contributed by atoms with Crippen molar-refractivity contribution in [2.45, 2.75) is 18.9 Å². The molecule has 1 nitrogen and oxygen atoms in total. The van der Waals surface area contributed by atoms with Crippen LogP contribution >= 0.6 is 27.3 Å². The van der Waals surface area contributed by atoms with Crippen molar-refractivity contribution in [3.05, 3.63) is 51.8 Å². The van der Waals surface area contributed by atoms with E-state index >= 15 is 0 Å². The molecule has 1 fully saturated rings. The molecule has 2 aromatic rings. The Bertz CT molecular complexity index is 567. The summed E-state index contributed by atoms with van der Waals surface area (Å²) in [5.41, 5.74) is 1.28. The highest BCUT2D eigenvalue weighted by Crippen LogP contribution is 2.29. The van der Waals surface area contributed by atoms with Gasteiger partial charge in [-0.3, -0.25) is 0 Å². The maximum Gasteiger partial charge on any atom is 0.0349 e. The van der Waals surface area contributed by atoms with Gasteiger partial charge in [0.1, 0.15) is 0 Å². The number of hydrogen-bond acceptors (Lipinski definition) is 2. The minimum atomic E-state index is 0.784. The molecule has 0 atom stereocenters. The van der Waals surface area contributed by atoms with Gasteiger partial charge in [-0.25, -0.2) is 0 Å². The van der Waals surface area contributed by atoms with Crippen LogP contribution in [-0.4, -0.2) is 12.6 Å². The first kappa shape index (κ1) is 13.1. The molecule has 1 aliphatic rings. The molecular weight excluding hydrogens is 318 g/mol. The lowest BCUT2D eigenvalue weighted by Crippen LogP contribution is -2.15. The Morgan fingerprint density at radius 2 is 1.95 bits per heavy atom. The van der Waals surface area contributed by atoms with Gasteiger partial charge in [-0.2, -0.15) is 0 Å². The normalized spacial score (nSPS) is 15.2. The molecule has 0 saturated heterocycles. The van der Waals surface area contributed by atoms with E-state index in [1.54, 1.807) is 0 Å². The van der Waals surface area contributed by atoms with Crippen molar-refractivity contribution in [1.82, 2.24) is 5.32 Å². The van der Waals surface area contributed by atoms with Crippen LogP contribution in [0, 0.1) is 0 Å². The van der Waals surface area contributed by atoms with E-state index in [4.69, 9.17) is 0 Å². The van der Waals surface area contributed by atoms with Crippen molar-refractivity contribution >= 4 is 33.3 Å². The van der Waals surface area contributed by atoms with Gasteiger partial charge in [-0.15, -0.1) is 11.3 Å². The molecule has 0 spiro atoms. The SMILES string of the molecule is Brc1ccc(-c2ccc(C=CCNC3CC3)s2)cc1. The predicted molar refractivity (Wildman–Crippen MR) is 87.5 cm³/mol. The standard InChI is InChI=1S/C16H16BrNS/c17-13-5-3-12(4-6-13)16-10-9-15(19-16)2-1-11-18-14-7-8-14/h1-6,9-10,14,18H,7-8,11H2. The predicted octanol–water partition coefficient (Wildman–Crippen LogP) is 4.94. The molecule has 0 radical (unpaired) electrons. The summed E-state index contributed by atoms with van der Waals surface area (Å²) in [5.74, 6) is 0. The van der Waals surface area contributed by atoms with Crippen molar-refractivity contribution in [2.24, 2.45) is 0 Å². The molecule has 1 aromatic carbocycles. The number of halogens is 1. The molecule has 1 aromatic heterocycles. The summed E-state index contributed by atoms with van der Waals surface area (Å²) < 4.78 is 1.12. The second-order valence-electron chi connectivity index (χ2n) is 4.79. The molecule has 0 aliphatic heterocycles. The maximum atomic E-state index is 3.48. The van der Waals surface area contributed by atoms with Crippen LogP contribution in [0.1, 0.15) is 17.7 Å². The van der Waals surface area contributed by atoms with E-state index in [0.717, 1.165) is 17.1 Å². The Morgan fingerprint density at radius 1 is 1.16 bits per heavy atom. The lowest BCUT2D eigenvalue weighted by atomic mass is 10.2. The Labute approximate surface area is 126 Å². The van der Waals surface area contributed by atoms with E-state index in [-0.39, 0.29) is 0 Å². The molecular formula is C16H16BrNS. The smallest absolute Gasteiger partial charge is 0.0349 e. The molecule has 3 rings (SSSR count). The summed E-state index contributed by atoms with van der Waals surface area (Å²) in [5, 5.41) is 3.48. The van der Waals surface area contributed by atoms with Crippen molar-refractivity contribution < 1.29 is 0 Å². The first-order valence-electron chi connectivity index (χ1n) is 6.57. The fourth-order valence-corrected chi connectivity index (χ4v) is 3.12. The summed E-state index contributed by atoms with van der Waals surface area (Å²) in [6.45, 7) is 0.982. The third-order valence-electron chi connectivity index (χ3n) is 3.14. The maximum absolute atomic E-state index is 3.48. The van der Waals surface area contributed by atoms with Gasteiger partial charge in [-0.05, 0) is 48.7 Å². The minimum Gasteiger partial charge on any atom is -0.311 e. The van der Waals surface area contributed by atoms with Crippen molar-refractivity contribution in [3.8, 4) is 10.4 Å². The summed E-state index contributed by atoms with van der Waals surface area (Å²) in [6, 6.07) is 13.6. The van der Waals surface area contributed by atoms with Crippen LogP contribution in [0.4, 0.5) is 0 Å². The van der Waals surface area contributed by atoms with Crippen LogP contribution in [0.25, 0.3) is 16.5 Å². The van der Waals surface area contributed by atoms with Crippen LogP contribution in [0.2, 0.25) is 0 Å². The van der Waals surface area contributed by atoms with E-state index in [1.165, 1.54) is 28.2 Å². The van der Waals surface area contributed by atoms with Gasteiger partial charge in [0, 0.05) is 26.8 Å². The monoisotopic (exact) mass is 333 g/mol. The van der Waals surface area contributed by atoms with E-state index in [0.29, 0.717) is 0 Å². The summed E-state index contributed by atoms with van der Waals surface area (Å²) in [6.07, 6.45) is 7.12. The molecule has 1 N–H and O–H groups in total. The van der Waals surface area contributed by atoms with Gasteiger partial charge < -0.3 is 5.32 Å². The highest BCUT2D eigenvalue weighted by Gasteiger charge is 2.18. The first-order valence-corrected chi connectivity index (χ1v) is 8.18. The summed E-state index contributed by atoms with van der Waals surface area (Å²) >= 11 is 5.30. The van der Waals surface area contributed by atoms with Gasteiger partial charge >= 0.3 is 0 Å². The highest BCUT2D eigenvalue weighted by atomic mass is 79.9. The Kier molecular flexibility index (Phi) is 4.16. The van der Waals surface area contributed by atoms with Crippen LogP contribution in [0.15, 0.2) is 46.9 Å². The van der Waals surface area contributed by atoms with Gasteiger partial charge in [0.15, 0.2) is 0 Å². The first-order chi connectivity index (χ1) is 9.31. The van der Waals surface area contributed by atoms with Gasteiger partial charge in [-0.1, -0.05) is 34.1 Å². The van der Waals surface area contributed by atoms with Crippen molar-refractivity contribution in [2.75, 3.05) is 6.54 Å². The van der Waals surface area contributed by atoms with Crippen LogP contribution in [0.5, 0.6) is 0 Å². The fourth-order valence-electron chi connectivity index (χ4n) is 1.91. The van der Waals surface area contributed by atoms with Crippen molar-refractivity contribution in [3.63, 3.8) is 0 Å². The van der Waals surface area contributed by atoms with Gasteiger partial charge in [0.2, 0.25) is 0 Å². The Hall–Kier alpha value is -0.900. The van der Waals surface area contributed by atoms with E-state index in [2.05, 4.69) is 69.8 Å². The second kappa shape index (κ2) is 6.04. The molecule has 3 heteroatoms. The molecule has 1 aliphatic carbocycles.